The molecule has 0 heterocycles. The van der Waals surface area contributed by atoms with Gasteiger partial charge >= 0.3 is 15.3 Å². The van der Waals surface area contributed by atoms with E-state index in [4.69, 9.17) is 0 Å². The average Bonchev–Trinajstić information content (AvgIpc) is 1.58. The highest BCUT2D eigenvalue weighted by Crippen LogP contribution is 2.52. The van der Waals surface area contributed by atoms with Gasteiger partial charge in [0, 0.05) is 0 Å². The van der Waals surface area contributed by atoms with Gasteiger partial charge in [-0.15, -0.1) is 0 Å². The normalized spacial score (nSPS) is 19.6. The van der Waals surface area contributed by atoms with Gasteiger partial charge in [0.2, 0.25) is 0 Å². The van der Waals surface area contributed by atoms with Crippen molar-refractivity contribution in [3.05, 3.63) is 0 Å². The minimum absolute atomic E-state index is 1.33. The van der Waals surface area contributed by atoms with E-state index in [2.05, 4.69) is 23.2 Å². The summed E-state index contributed by atoms with van der Waals surface area (Å²) in [7, 11) is 0. The van der Waals surface area contributed by atoms with Crippen molar-refractivity contribution in [1.29, 1.82) is 0 Å². The molecule has 68 valence electrons. The standard InChI is InChI=1S/C3BrCl2F5/c4-2(8,9)1(5,7)3(6,10)11. The molecule has 0 saturated carbocycles. The van der Waals surface area contributed by atoms with Crippen molar-refractivity contribution in [3.63, 3.8) is 0 Å². The van der Waals surface area contributed by atoms with Crippen molar-refractivity contribution in [1.82, 2.24) is 0 Å². The fraction of sp³-hybridized carbons (Fsp3) is 1.00. The van der Waals surface area contributed by atoms with Gasteiger partial charge in [0.05, 0.1) is 0 Å². The van der Waals surface area contributed by atoms with Gasteiger partial charge in [-0.1, -0.05) is 11.6 Å². The lowest BCUT2D eigenvalue weighted by molar-refractivity contribution is -0.115. The Morgan fingerprint density at radius 3 is 1.18 bits per heavy atom. The summed E-state index contributed by atoms with van der Waals surface area (Å²) in [4.78, 5) is -4.59. The van der Waals surface area contributed by atoms with Gasteiger partial charge in [-0.3, -0.25) is 0 Å². The van der Waals surface area contributed by atoms with Gasteiger partial charge in [0.15, 0.2) is 0 Å². The number of hydrogen-bond acceptors (Lipinski definition) is 0. The molecule has 0 aliphatic rings. The van der Waals surface area contributed by atoms with Crippen LogP contribution >= 0.6 is 39.1 Å². The fourth-order valence-corrected chi connectivity index (χ4v) is 0.643. The molecule has 0 amide bonds. The Morgan fingerprint density at radius 2 is 1.18 bits per heavy atom. The van der Waals surface area contributed by atoms with Crippen molar-refractivity contribution in [3.8, 4) is 0 Å². The molecule has 0 aromatic rings. The zero-order valence-corrected chi connectivity index (χ0v) is 7.62. The fourth-order valence-electron chi connectivity index (χ4n) is 0.161. The summed E-state index contributed by atoms with van der Waals surface area (Å²) in [6.07, 6.45) is 0. The third kappa shape index (κ3) is 2.32. The summed E-state index contributed by atoms with van der Waals surface area (Å²) >= 11 is 9.43. The maximum Gasteiger partial charge on any atom is 0.376 e. The van der Waals surface area contributed by atoms with Crippen LogP contribution in [0.2, 0.25) is 0 Å². The maximum absolute atomic E-state index is 12.2. The number of halogens is 8. The Hall–Kier alpha value is 0.710. The molecule has 0 N–H and O–H groups in total. The molecule has 0 fully saturated rings. The van der Waals surface area contributed by atoms with E-state index in [9.17, 15) is 22.0 Å². The van der Waals surface area contributed by atoms with Crippen LogP contribution < -0.4 is 0 Å². The molecule has 0 radical (unpaired) electrons. The predicted octanol–water partition coefficient (Wildman–Crippen LogP) is 3.71. The minimum Gasteiger partial charge on any atom is -0.210 e. The molecule has 0 aromatic carbocycles. The zero-order valence-electron chi connectivity index (χ0n) is 4.52. The summed E-state index contributed by atoms with van der Waals surface area (Å²) in [5.74, 6) is 0. The average molecular weight is 282 g/mol. The second kappa shape index (κ2) is 2.88. The molecule has 0 aliphatic heterocycles. The Balaban J connectivity index is 4.75. The quantitative estimate of drug-likeness (QED) is 0.535. The van der Waals surface area contributed by atoms with E-state index in [-0.39, 0.29) is 0 Å². The summed E-state index contributed by atoms with van der Waals surface area (Å²) in [6, 6.07) is 0. The van der Waals surface area contributed by atoms with Crippen LogP contribution in [0.5, 0.6) is 0 Å². The van der Waals surface area contributed by atoms with Crippen LogP contribution in [0.4, 0.5) is 22.0 Å². The molecule has 1 atom stereocenters. The minimum atomic E-state index is -4.85. The first-order chi connectivity index (χ1) is 4.50. The van der Waals surface area contributed by atoms with Crippen LogP contribution in [-0.4, -0.2) is 15.3 Å². The van der Waals surface area contributed by atoms with Gasteiger partial charge in [0.25, 0.3) is 0 Å². The molecule has 0 nitrogen and oxygen atoms in total. The van der Waals surface area contributed by atoms with Crippen LogP contribution in [-0.2, 0) is 0 Å². The first kappa shape index (κ1) is 11.7. The van der Waals surface area contributed by atoms with Gasteiger partial charge in [-0.05, 0) is 27.5 Å². The zero-order chi connectivity index (χ0) is 9.50. The molecule has 0 spiro atoms. The summed E-state index contributed by atoms with van der Waals surface area (Å²) in [5.41, 5.74) is 0. The van der Waals surface area contributed by atoms with Crippen LogP contribution in [0.15, 0.2) is 0 Å². The lowest BCUT2D eigenvalue weighted by Gasteiger charge is -2.26. The Labute approximate surface area is 76.8 Å². The van der Waals surface area contributed by atoms with Gasteiger partial charge in [0.1, 0.15) is 0 Å². The summed E-state index contributed by atoms with van der Waals surface area (Å²) in [6.45, 7) is 0. The molecule has 0 saturated heterocycles. The highest BCUT2D eigenvalue weighted by Gasteiger charge is 2.67. The van der Waals surface area contributed by atoms with Crippen LogP contribution in [0.1, 0.15) is 0 Å². The van der Waals surface area contributed by atoms with E-state index in [0.29, 0.717) is 0 Å². The molecule has 1 unspecified atom stereocenters. The highest BCUT2D eigenvalue weighted by atomic mass is 79.9. The third-order valence-corrected chi connectivity index (χ3v) is 2.32. The predicted molar refractivity (Wildman–Crippen MR) is 34.4 cm³/mol. The lowest BCUT2D eigenvalue weighted by atomic mass is 10.4. The maximum atomic E-state index is 12.2. The van der Waals surface area contributed by atoms with Crippen LogP contribution in [0.3, 0.4) is 0 Å². The van der Waals surface area contributed by atoms with E-state index in [1.165, 1.54) is 15.9 Å². The SMILES string of the molecule is FC(F)(Cl)C(F)(Cl)C(F)(F)Br. The van der Waals surface area contributed by atoms with Gasteiger partial charge in [-0.2, -0.15) is 17.6 Å². The Morgan fingerprint density at radius 1 is 0.909 bits per heavy atom. The number of hydrogen-bond donors (Lipinski definition) is 0. The molecular weight excluding hydrogens is 282 g/mol. The Kier molecular flexibility index (Phi) is 3.07. The summed E-state index contributed by atoms with van der Waals surface area (Å²) in [5, 5.41) is -9.48. The molecule has 8 heteroatoms. The monoisotopic (exact) mass is 280 g/mol. The van der Waals surface area contributed by atoms with Crippen molar-refractivity contribution < 1.29 is 22.0 Å². The van der Waals surface area contributed by atoms with Crippen molar-refractivity contribution in [2.75, 3.05) is 0 Å². The second-order valence-corrected chi connectivity index (χ2v) is 3.56. The topological polar surface area (TPSA) is 0 Å². The van der Waals surface area contributed by atoms with E-state index >= 15 is 0 Å². The number of alkyl halides is 8. The second-order valence-electron chi connectivity index (χ2n) is 1.57. The molecule has 11 heavy (non-hydrogen) atoms. The van der Waals surface area contributed by atoms with E-state index in [0.717, 1.165) is 0 Å². The van der Waals surface area contributed by atoms with Crippen molar-refractivity contribution in [2.24, 2.45) is 0 Å². The molecular formula is C3BrCl2F5. The van der Waals surface area contributed by atoms with E-state index in [1.807, 2.05) is 0 Å². The smallest absolute Gasteiger partial charge is 0.210 e. The van der Waals surface area contributed by atoms with Crippen molar-refractivity contribution >= 4 is 39.1 Å². The molecule has 0 bridgehead atoms. The molecule has 0 aliphatic carbocycles. The summed E-state index contributed by atoms with van der Waals surface area (Å²) < 4.78 is 59.4. The van der Waals surface area contributed by atoms with Crippen LogP contribution in [0.25, 0.3) is 0 Å². The largest absolute Gasteiger partial charge is 0.376 e. The van der Waals surface area contributed by atoms with Gasteiger partial charge in [-0.25, -0.2) is 4.39 Å². The third-order valence-electron chi connectivity index (χ3n) is 0.712. The first-order valence-electron chi connectivity index (χ1n) is 2.01. The first-order valence-corrected chi connectivity index (χ1v) is 3.56. The molecule has 0 aromatic heterocycles. The molecule has 0 rings (SSSR count). The lowest BCUT2D eigenvalue weighted by Crippen LogP contribution is -2.46. The van der Waals surface area contributed by atoms with Crippen molar-refractivity contribution in [2.45, 2.75) is 15.3 Å². The number of rotatable bonds is 2. The van der Waals surface area contributed by atoms with Gasteiger partial charge < -0.3 is 0 Å². The Bertz CT molecular complexity index is 131. The van der Waals surface area contributed by atoms with Crippen LogP contribution in [0, 0.1) is 0 Å². The highest BCUT2D eigenvalue weighted by molar-refractivity contribution is 9.10. The van der Waals surface area contributed by atoms with E-state index < -0.39 is 15.3 Å². The van der Waals surface area contributed by atoms with E-state index in [1.54, 1.807) is 0 Å².